The van der Waals surface area contributed by atoms with Crippen LogP contribution in [-0.2, 0) is 43.7 Å². The minimum atomic E-state index is -0.456. The Morgan fingerprint density at radius 1 is 1.06 bits per heavy atom. The van der Waals surface area contributed by atoms with Crippen LogP contribution in [0.25, 0.3) is 11.2 Å². The van der Waals surface area contributed by atoms with Gasteiger partial charge in [-0.3, -0.25) is 19.1 Å². The maximum absolute atomic E-state index is 12.9. The number of H-pyrrole nitrogens is 1. The summed E-state index contributed by atoms with van der Waals surface area (Å²) in [4.78, 5) is 48.7. The van der Waals surface area contributed by atoms with Crippen molar-refractivity contribution in [3.63, 3.8) is 0 Å². The Labute approximate surface area is 196 Å². The van der Waals surface area contributed by atoms with Crippen LogP contribution >= 0.6 is 0 Å². The predicted octanol–water partition coefficient (Wildman–Crippen LogP) is 2.21. The molecule has 1 aromatic carbocycles. The molecule has 4 heterocycles. The summed E-state index contributed by atoms with van der Waals surface area (Å²) in [5.74, 6) is 1.90. The van der Waals surface area contributed by atoms with E-state index < -0.39 is 11.2 Å². The van der Waals surface area contributed by atoms with Crippen molar-refractivity contribution in [2.45, 2.75) is 65.6 Å². The van der Waals surface area contributed by atoms with Crippen LogP contribution in [0.3, 0.4) is 0 Å². The number of nitrogens with one attached hydrogen (secondary N) is 1. The first-order chi connectivity index (χ1) is 16.4. The van der Waals surface area contributed by atoms with Crippen LogP contribution in [0.1, 0.15) is 55.2 Å². The van der Waals surface area contributed by atoms with Gasteiger partial charge in [0.1, 0.15) is 17.4 Å². The number of carbonyl (C=O) groups is 1. The van der Waals surface area contributed by atoms with Crippen LogP contribution in [0.2, 0.25) is 0 Å². The molecule has 9 nitrogen and oxygen atoms in total. The van der Waals surface area contributed by atoms with Gasteiger partial charge in [0, 0.05) is 45.1 Å². The Morgan fingerprint density at radius 3 is 2.53 bits per heavy atom. The van der Waals surface area contributed by atoms with Gasteiger partial charge in [-0.2, -0.15) is 0 Å². The zero-order valence-electron chi connectivity index (χ0n) is 19.5. The molecule has 0 spiro atoms. The Morgan fingerprint density at radius 2 is 1.82 bits per heavy atom. The molecule has 0 bridgehead atoms. The fraction of sp³-hybridized carbons (Fsp3) is 0.400. The SMILES string of the molecule is CCn1c(=O)[nH]c(=O)c2c1nc(Cc1cn3c(n1)CCCC3)n2Cc1ccc(CC(C)=O)cc1. The second kappa shape index (κ2) is 8.89. The average Bonchev–Trinajstić information content (AvgIpc) is 3.36. The highest BCUT2D eigenvalue weighted by Crippen LogP contribution is 2.20. The topological polar surface area (TPSA) is 108 Å². The standard InChI is InChI=1S/C25H28N6O3/c1-3-30-23-22(24(33)28-25(30)34)31(14-18-9-7-17(8-10-18)12-16(2)32)21(27-23)13-19-15-29-11-5-4-6-20(29)26-19/h7-10,15H,3-6,11-14H2,1-2H3,(H,28,33,34). The number of aromatic amines is 1. The number of carbonyl (C=O) groups excluding carboxylic acids is 1. The van der Waals surface area contributed by atoms with E-state index in [1.165, 1.54) is 4.57 Å². The van der Waals surface area contributed by atoms with E-state index in [9.17, 15) is 14.4 Å². The number of fused-ring (bicyclic) bond motifs is 2. The quantitative estimate of drug-likeness (QED) is 0.455. The zero-order chi connectivity index (χ0) is 23.8. The average molecular weight is 461 g/mol. The van der Waals surface area contributed by atoms with E-state index >= 15 is 0 Å². The van der Waals surface area contributed by atoms with Crippen molar-refractivity contribution >= 4 is 16.9 Å². The lowest BCUT2D eigenvalue weighted by atomic mass is 10.1. The van der Waals surface area contributed by atoms with E-state index in [4.69, 9.17) is 9.97 Å². The molecule has 0 atom stereocenters. The highest BCUT2D eigenvalue weighted by Gasteiger charge is 2.20. The molecule has 1 aliphatic rings. The number of nitrogens with zero attached hydrogens (tertiary/aromatic N) is 5. The molecular formula is C25H28N6O3. The van der Waals surface area contributed by atoms with Crippen molar-refractivity contribution in [1.29, 1.82) is 0 Å². The lowest BCUT2D eigenvalue weighted by Gasteiger charge is -2.11. The molecule has 0 amide bonds. The summed E-state index contributed by atoms with van der Waals surface area (Å²) >= 11 is 0. The molecule has 176 valence electrons. The zero-order valence-corrected chi connectivity index (χ0v) is 19.5. The summed E-state index contributed by atoms with van der Waals surface area (Å²) in [7, 11) is 0. The van der Waals surface area contributed by atoms with Crippen LogP contribution < -0.4 is 11.2 Å². The van der Waals surface area contributed by atoms with E-state index in [2.05, 4.69) is 15.7 Å². The Kier molecular flexibility index (Phi) is 5.77. The van der Waals surface area contributed by atoms with Crippen molar-refractivity contribution in [2.24, 2.45) is 0 Å². The number of rotatable bonds is 7. The van der Waals surface area contributed by atoms with Crippen LogP contribution in [0.5, 0.6) is 0 Å². The molecular weight excluding hydrogens is 432 g/mol. The summed E-state index contributed by atoms with van der Waals surface area (Å²) < 4.78 is 5.58. The summed E-state index contributed by atoms with van der Waals surface area (Å²) in [5.41, 5.74) is 2.71. The van der Waals surface area contributed by atoms with Crippen LogP contribution in [0.4, 0.5) is 0 Å². The number of hydrogen-bond acceptors (Lipinski definition) is 5. The Bertz CT molecular complexity index is 1460. The van der Waals surface area contributed by atoms with Gasteiger partial charge < -0.3 is 9.13 Å². The minimum absolute atomic E-state index is 0.113. The van der Waals surface area contributed by atoms with Gasteiger partial charge in [-0.15, -0.1) is 0 Å². The van der Waals surface area contributed by atoms with Crippen LogP contribution in [0, 0.1) is 0 Å². The molecule has 0 saturated carbocycles. The molecule has 0 unspecified atom stereocenters. The molecule has 0 aliphatic carbocycles. The fourth-order valence-electron chi connectivity index (χ4n) is 4.77. The lowest BCUT2D eigenvalue weighted by Crippen LogP contribution is -2.30. The highest BCUT2D eigenvalue weighted by molar-refractivity contribution is 5.78. The van der Waals surface area contributed by atoms with Gasteiger partial charge in [0.05, 0.1) is 5.69 Å². The van der Waals surface area contributed by atoms with E-state index in [1.807, 2.05) is 35.8 Å². The third-order valence-corrected chi connectivity index (χ3v) is 6.40. The fourth-order valence-corrected chi connectivity index (χ4v) is 4.77. The monoisotopic (exact) mass is 460 g/mol. The number of aryl methyl sites for hydroxylation is 3. The van der Waals surface area contributed by atoms with Crippen molar-refractivity contribution in [2.75, 3.05) is 0 Å². The number of Topliss-reactive ketones (excluding diaryl/α,β-unsaturated/α-hetero) is 1. The third-order valence-electron chi connectivity index (χ3n) is 6.40. The van der Waals surface area contributed by atoms with Gasteiger partial charge >= 0.3 is 5.69 Å². The number of imidazole rings is 2. The third kappa shape index (κ3) is 4.13. The van der Waals surface area contributed by atoms with E-state index in [0.717, 1.165) is 48.5 Å². The summed E-state index contributed by atoms with van der Waals surface area (Å²) in [5, 5.41) is 0. The molecule has 34 heavy (non-hydrogen) atoms. The van der Waals surface area contributed by atoms with Gasteiger partial charge in [-0.25, -0.2) is 14.8 Å². The predicted molar refractivity (Wildman–Crippen MR) is 128 cm³/mol. The highest BCUT2D eigenvalue weighted by atomic mass is 16.2. The lowest BCUT2D eigenvalue weighted by molar-refractivity contribution is -0.116. The normalized spacial score (nSPS) is 13.4. The summed E-state index contributed by atoms with van der Waals surface area (Å²) in [6.07, 6.45) is 6.21. The minimum Gasteiger partial charge on any atom is -0.335 e. The van der Waals surface area contributed by atoms with Gasteiger partial charge in [-0.1, -0.05) is 24.3 Å². The Balaban J connectivity index is 1.59. The molecule has 5 rings (SSSR count). The maximum Gasteiger partial charge on any atom is 0.330 e. The molecule has 0 fully saturated rings. The van der Waals surface area contributed by atoms with Gasteiger partial charge in [0.25, 0.3) is 5.56 Å². The Hall–Kier alpha value is -3.75. The van der Waals surface area contributed by atoms with Crippen molar-refractivity contribution in [1.82, 2.24) is 28.7 Å². The molecule has 3 aromatic heterocycles. The summed E-state index contributed by atoms with van der Waals surface area (Å²) in [6, 6.07) is 7.80. The molecule has 0 saturated heterocycles. The van der Waals surface area contributed by atoms with E-state index in [1.54, 1.807) is 6.92 Å². The first kappa shape index (κ1) is 22.1. The van der Waals surface area contributed by atoms with E-state index in [-0.39, 0.29) is 5.78 Å². The largest absolute Gasteiger partial charge is 0.335 e. The first-order valence-corrected chi connectivity index (χ1v) is 11.8. The van der Waals surface area contributed by atoms with Crippen LogP contribution in [-0.4, -0.2) is 34.4 Å². The van der Waals surface area contributed by atoms with E-state index in [0.29, 0.717) is 42.9 Å². The van der Waals surface area contributed by atoms with Crippen molar-refractivity contribution in [3.8, 4) is 0 Å². The second-order valence-electron chi connectivity index (χ2n) is 8.96. The van der Waals surface area contributed by atoms with Crippen molar-refractivity contribution in [3.05, 3.63) is 79.8 Å². The molecule has 4 aromatic rings. The number of ketones is 1. The number of hydrogen-bond donors (Lipinski definition) is 1. The number of aromatic nitrogens is 6. The van der Waals surface area contributed by atoms with Gasteiger partial charge in [-0.05, 0) is 37.8 Å². The maximum atomic E-state index is 12.9. The number of benzene rings is 1. The molecule has 9 heteroatoms. The second-order valence-corrected chi connectivity index (χ2v) is 8.96. The summed E-state index contributed by atoms with van der Waals surface area (Å²) in [6.45, 7) is 5.23. The molecule has 1 aliphatic heterocycles. The van der Waals surface area contributed by atoms with Crippen molar-refractivity contribution < 1.29 is 4.79 Å². The first-order valence-electron chi connectivity index (χ1n) is 11.8. The molecule has 1 N–H and O–H groups in total. The van der Waals surface area contributed by atoms with Gasteiger partial charge in [0.15, 0.2) is 11.2 Å². The molecule has 0 radical (unpaired) electrons. The van der Waals surface area contributed by atoms with Gasteiger partial charge in [0.2, 0.25) is 0 Å². The van der Waals surface area contributed by atoms with Crippen LogP contribution in [0.15, 0.2) is 40.1 Å². The smallest absolute Gasteiger partial charge is 0.330 e.